The number of esters is 5. The van der Waals surface area contributed by atoms with Gasteiger partial charge in [0.2, 0.25) is 0 Å². The van der Waals surface area contributed by atoms with Crippen molar-refractivity contribution in [1.29, 1.82) is 0 Å². The van der Waals surface area contributed by atoms with Crippen LogP contribution in [0.2, 0.25) is 0 Å². The minimum absolute atomic E-state index is 0.0309. The van der Waals surface area contributed by atoms with Crippen LogP contribution in [0.25, 0.3) is 0 Å². The molecule has 228 valence electrons. The van der Waals surface area contributed by atoms with E-state index in [0.717, 1.165) is 0 Å². The third kappa shape index (κ3) is 6.19. The van der Waals surface area contributed by atoms with E-state index < -0.39 is 83.2 Å². The van der Waals surface area contributed by atoms with Crippen LogP contribution in [0.15, 0.2) is 23.3 Å². The van der Waals surface area contributed by atoms with Crippen molar-refractivity contribution in [2.75, 3.05) is 0 Å². The van der Waals surface area contributed by atoms with Gasteiger partial charge in [-0.2, -0.15) is 0 Å². The zero-order chi connectivity index (χ0) is 30.9. The molecule has 9 atom stereocenters. The zero-order valence-electron chi connectivity index (χ0n) is 25.1. The Morgan fingerprint density at radius 3 is 2.12 bits per heavy atom. The average molecular weight is 579 g/mol. The minimum Gasteiger partial charge on any atom is -0.462 e. The molecule has 0 spiro atoms. The predicted molar refractivity (Wildman–Crippen MR) is 144 cm³/mol. The highest BCUT2D eigenvalue weighted by atomic mass is 16.6. The summed E-state index contributed by atoms with van der Waals surface area (Å²) in [7, 11) is 0. The van der Waals surface area contributed by atoms with Crippen LogP contribution in [0, 0.1) is 17.3 Å². The molecule has 1 aliphatic heterocycles. The third-order valence-electron chi connectivity index (χ3n) is 8.69. The molecular formula is C30H42O11. The lowest BCUT2D eigenvalue weighted by atomic mass is 9.56. The van der Waals surface area contributed by atoms with Gasteiger partial charge in [-0.25, -0.2) is 0 Å². The van der Waals surface area contributed by atoms with Gasteiger partial charge in [-0.05, 0) is 38.8 Å². The molecular weight excluding hydrogens is 536 g/mol. The first kappa shape index (κ1) is 32.3. The predicted octanol–water partition coefficient (Wildman–Crippen LogP) is 3.11. The fraction of sp³-hybridized carbons (Fsp3) is 0.700. The fourth-order valence-electron chi connectivity index (χ4n) is 6.57. The minimum atomic E-state index is -2.08. The second-order valence-electron chi connectivity index (χ2n) is 11.6. The molecule has 3 aliphatic rings. The molecule has 0 saturated carbocycles. The van der Waals surface area contributed by atoms with E-state index in [1.165, 1.54) is 33.8 Å². The van der Waals surface area contributed by atoms with Crippen LogP contribution >= 0.6 is 0 Å². The Kier molecular flexibility index (Phi) is 9.73. The first-order valence-corrected chi connectivity index (χ1v) is 14.1. The first-order chi connectivity index (χ1) is 19.1. The van der Waals surface area contributed by atoms with Gasteiger partial charge in [0.25, 0.3) is 0 Å². The van der Waals surface area contributed by atoms with E-state index in [2.05, 4.69) is 0 Å². The number of fused-ring (bicyclic) bond motifs is 2. The van der Waals surface area contributed by atoms with Crippen LogP contribution in [-0.4, -0.2) is 71.1 Å². The smallest absolute Gasteiger partial charge is 0.312 e. The van der Waals surface area contributed by atoms with Gasteiger partial charge in [-0.1, -0.05) is 25.5 Å². The van der Waals surface area contributed by atoms with Gasteiger partial charge < -0.3 is 28.8 Å². The molecule has 0 bridgehead atoms. The first-order valence-electron chi connectivity index (χ1n) is 14.1. The van der Waals surface area contributed by atoms with Gasteiger partial charge >= 0.3 is 29.8 Å². The molecule has 2 aliphatic carbocycles. The van der Waals surface area contributed by atoms with Crippen LogP contribution in [0.4, 0.5) is 0 Å². The van der Waals surface area contributed by atoms with Crippen molar-refractivity contribution < 1.29 is 52.8 Å². The summed E-state index contributed by atoms with van der Waals surface area (Å²) in [4.78, 5) is 63.1. The SMILES string of the molecule is CCCC(=O)O[C@@H]1C[C@@H](OC(C)=O)[C@@]2(C)C(OC(C)=O)CC=C(C)C2[C@@H](OC(C)=O)C2(O)C(/C=C\1C)OC(=O)C2C. The van der Waals surface area contributed by atoms with Crippen molar-refractivity contribution in [3.8, 4) is 0 Å². The lowest BCUT2D eigenvalue weighted by molar-refractivity contribution is -0.218. The van der Waals surface area contributed by atoms with Crippen LogP contribution in [0.1, 0.15) is 81.1 Å². The maximum Gasteiger partial charge on any atom is 0.312 e. The van der Waals surface area contributed by atoms with Crippen molar-refractivity contribution in [2.24, 2.45) is 17.3 Å². The summed E-state index contributed by atoms with van der Waals surface area (Å²) >= 11 is 0. The number of carbonyl (C=O) groups is 5. The van der Waals surface area contributed by atoms with Crippen LogP contribution < -0.4 is 0 Å². The second kappa shape index (κ2) is 12.3. The molecule has 1 heterocycles. The lowest BCUT2D eigenvalue weighted by Gasteiger charge is -2.54. The van der Waals surface area contributed by atoms with Gasteiger partial charge in [0.05, 0.1) is 11.3 Å². The van der Waals surface area contributed by atoms with Crippen molar-refractivity contribution in [1.82, 2.24) is 0 Å². The van der Waals surface area contributed by atoms with E-state index >= 15 is 0 Å². The maximum atomic E-state index is 13.0. The summed E-state index contributed by atoms with van der Waals surface area (Å²) in [6.45, 7) is 12.2. The van der Waals surface area contributed by atoms with Crippen LogP contribution in [0.5, 0.6) is 0 Å². The molecule has 0 radical (unpaired) electrons. The Hall–Kier alpha value is -3.21. The van der Waals surface area contributed by atoms with E-state index in [1.807, 2.05) is 13.0 Å². The summed E-state index contributed by atoms with van der Waals surface area (Å²) < 4.78 is 29.1. The number of hydrogen-bond donors (Lipinski definition) is 1. The van der Waals surface area contributed by atoms with Crippen molar-refractivity contribution >= 4 is 29.8 Å². The van der Waals surface area contributed by atoms with Gasteiger partial charge in [0.15, 0.2) is 11.7 Å². The van der Waals surface area contributed by atoms with Crippen molar-refractivity contribution in [2.45, 2.75) is 117 Å². The molecule has 1 fully saturated rings. The molecule has 11 nitrogen and oxygen atoms in total. The summed E-state index contributed by atoms with van der Waals surface area (Å²) in [6.07, 6.45) is -1.32. The van der Waals surface area contributed by atoms with Gasteiger partial charge in [-0.15, -0.1) is 0 Å². The van der Waals surface area contributed by atoms with Gasteiger partial charge in [0.1, 0.15) is 24.4 Å². The summed E-state index contributed by atoms with van der Waals surface area (Å²) in [5, 5.41) is 12.4. The highest BCUT2D eigenvalue weighted by molar-refractivity contribution is 5.78. The van der Waals surface area contributed by atoms with E-state index in [4.69, 9.17) is 23.7 Å². The van der Waals surface area contributed by atoms with Crippen molar-refractivity contribution in [3.63, 3.8) is 0 Å². The molecule has 0 aromatic rings. The number of hydrogen-bond acceptors (Lipinski definition) is 11. The molecule has 3 rings (SSSR count). The summed E-state index contributed by atoms with van der Waals surface area (Å²) in [5.41, 5.74) is -2.31. The van der Waals surface area contributed by atoms with E-state index in [1.54, 1.807) is 20.8 Å². The second-order valence-corrected chi connectivity index (χ2v) is 11.6. The zero-order valence-corrected chi connectivity index (χ0v) is 25.1. The monoisotopic (exact) mass is 578 g/mol. The van der Waals surface area contributed by atoms with E-state index in [-0.39, 0.29) is 19.3 Å². The molecule has 0 aromatic carbocycles. The molecule has 41 heavy (non-hydrogen) atoms. The molecule has 1 N–H and O–H groups in total. The topological polar surface area (TPSA) is 152 Å². The summed E-state index contributed by atoms with van der Waals surface area (Å²) in [6, 6.07) is 0. The third-order valence-corrected chi connectivity index (χ3v) is 8.69. The number of ether oxygens (including phenoxy) is 5. The number of rotatable bonds is 6. The highest BCUT2D eigenvalue weighted by Gasteiger charge is 2.67. The van der Waals surface area contributed by atoms with Crippen LogP contribution in [-0.2, 0) is 47.7 Å². The average Bonchev–Trinajstić information content (AvgIpc) is 3.07. The van der Waals surface area contributed by atoms with E-state index in [0.29, 0.717) is 17.6 Å². The number of carbonyl (C=O) groups excluding carboxylic acids is 5. The highest BCUT2D eigenvalue weighted by Crippen LogP contribution is 2.55. The Balaban J connectivity index is 2.40. The Labute approximate surface area is 240 Å². The lowest BCUT2D eigenvalue weighted by Crippen LogP contribution is -2.65. The molecule has 1 saturated heterocycles. The van der Waals surface area contributed by atoms with Gasteiger partial charge in [-0.3, -0.25) is 24.0 Å². The Morgan fingerprint density at radius 1 is 0.976 bits per heavy atom. The normalized spacial score (nSPS) is 38.1. The van der Waals surface area contributed by atoms with Crippen LogP contribution in [0.3, 0.4) is 0 Å². The molecule has 5 unspecified atom stereocenters. The largest absolute Gasteiger partial charge is 0.462 e. The molecule has 0 aromatic heterocycles. The number of aliphatic hydroxyl groups is 1. The maximum absolute atomic E-state index is 13.0. The Morgan fingerprint density at radius 2 is 1.56 bits per heavy atom. The standard InChI is InChI=1S/C30H42O11/c1-9-10-25(34)40-21-14-23(38-19(6)32)29(8)22(37-18(5)31)12-11-15(2)26(29)27(39-20(7)33)30(36)17(4)28(35)41-24(30)13-16(21)3/h11,13,17,21-24,26-27,36H,9-10,12,14H2,1-8H3/b16-13-/t17?,21-,22?,23-,24?,26?,27-,29-,30?/m1/s1. The van der Waals surface area contributed by atoms with Crippen molar-refractivity contribution in [3.05, 3.63) is 23.3 Å². The fourth-order valence-corrected chi connectivity index (χ4v) is 6.57. The quantitative estimate of drug-likeness (QED) is 0.281. The molecule has 11 heteroatoms. The summed E-state index contributed by atoms with van der Waals surface area (Å²) in [5.74, 6) is -5.17. The van der Waals surface area contributed by atoms with E-state index in [9.17, 15) is 29.1 Å². The molecule has 0 amide bonds. The Bertz CT molecular complexity index is 1140. The van der Waals surface area contributed by atoms with Gasteiger partial charge in [0, 0.05) is 46.0 Å².